The Kier molecular flexibility index (Phi) is 7.03. The largest absolute Gasteiger partial charge is 0.350 e. The SMILES string of the molecule is CNS(=O)(=O)c1cccc(C(=O)NC(C)CCCC(C)C)c1. The van der Waals surface area contributed by atoms with Crippen LogP contribution in [0.5, 0.6) is 0 Å². The fourth-order valence-electron chi connectivity index (χ4n) is 2.13. The molecule has 1 atom stereocenters. The Morgan fingerprint density at radius 1 is 1.18 bits per heavy atom. The first kappa shape index (κ1) is 18.6. The Bertz CT molecular complexity index is 597. The predicted molar refractivity (Wildman–Crippen MR) is 88.3 cm³/mol. The van der Waals surface area contributed by atoms with Crippen molar-refractivity contribution in [3.05, 3.63) is 29.8 Å². The molecule has 0 aliphatic rings. The van der Waals surface area contributed by atoms with Gasteiger partial charge in [-0.2, -0.15) is 0 Å². The number of hydrogen-bond donors (Lipinski definition) is 2. The zero-order valence-corrected chi connectivity index (χ0v) is 14.5. The highest BCUT2D eigenvalue weighted by atomic mass is 32.2. The molecule has 0 bridgehead atoms. The lowest BCUT2D eigenvalue weighted by Gasteiger charge is -2.15. The van der Waals surface area contributed by atoms with Crippen molar-refractivity contribution in [2.75, 3.05) is 7.05 Å². The van der Waals surface area contributed by atoms with Gasteiger partial charge in [0.2, 0.25) is 10.0 Å². The molecule has 2 N–H and O–H groups in total. The molecule has 0 aromatic heterocycles. The van der Waals surface area contributed by atoms with Crippen LogP contribution in [-0.2, 0) is 10.0 Å². The van der Waals surface area contributed by atoms with Crippen LogP contribution in [0.15, 0.2) is 29.2 Å². The normalized spacial score (nSPS) is 13.1. The van der Waals surface area contributed by atoms with Crippen LogP contribution >= 0.6 is 0 Å². The molecule has 1 aromatic rings. The van der Waals surface area contributed by atoms with E-state index in [0.29, 0.717) is 11.5 Å². The van der Waals surface area contributed by atoms with Gasteiger partial charge in [-0.25, -0.2) is 13.1 Å². The third-order valence-corrected chi connectivity index (χ3v) is 4.88. The Hall–Kier alpha value is -1.40. The van der Waals surface area contributed by atoms with E-state index in [2.05, 4.69) is 23.9 Å². The summed E-state index contributed by atoms with van der Waals surface area (Å²) in [6.07, 6.45) is 3.11. The van der Waals surface area contributed by atoms with Crippen molar-refractivity contribution < 1.29 is 13.2 Å². The van der Waals surface area contributed by atoms with E-state index >= 15 is 0 Å². The lowest BCUT2D eigenvalue weighted by molar-refractivity contribution is 0.0937. The molecule has 22 heavy (non-hydrogen) atoms. The average Bonchev–Trinajstić information content (AvgIpc) is 2.47. The van der Waals surface area contributed by atoms with Crippen molar-refractivity contribution in [3.8, 4) is 0 Å². The predicted octanol–water partition coefficient (Wildman–Crippen LogP) is 2.54. The van der Waals surface area contributed by atoms with Gasteiger partial charge in [-0.1, -0.05) is 32.8 Å². The number of carbonyl (C=O) groups is 1. The molecule has 0 saturated carbocycles. The monoisotopic (exact) mass is 326 g/mol. The van der Waals surface area contributed by atoms with Gasteiger partial charge >= 0.3 is 0 Å². The molecule has 124 valence electrons. The average molecular weight is 326 g/mol. The highest BCUT2D eigenvalue weighted by Gasteiger charge is 2.15. The smallest absolute Gasteiger partial charge is 0.251 e. The van der Waals surface area contributed by atoms with Crippen LogP contribution in [0.3, 0.4) is 0 Å². The van der Waals surface area contributed by atoms with E-state index < -0.39 is 10.0 Å². The number of nitrogens with one attached hydrogen (secondary N) is 2. The van der Waals surface area contributed by atoms with Gasteiger partial charge in [0.15, 0.2) is 0 Å². The number of benzene rings is 1. The Morgan fingerprint density at radius 2 is 1.86 bits per heavy atom. The van der Waals surface area contributed by atoms with Gasteiger partial charge in [0.05, 0.1) is 4.90 Å². The third-order valence-electron chi connectivity index (χ3n) is 3.47. The molecular formula is C16H26N2O3S. The lowest BCUT2D eigenvalue weighted by atomic mass is 10.0. The molecule has 6 heteroatoms. The summed E-state index contributed by atoms with van der Waals surface area (Å²) in [6.45, 7) is 6.32. The summed E-state index contributed by atoms with van der Waals surface area (Å²) in [7, 11) is -2.19. The summed E-state index contributed by atoms with van der Waals surface area (Å²) in [5.41, 5.74) is 0.354. The molecule has 0 radical (unpaired) electrons. The van der Waals surface area contributed by atoms with E-state index in [1.807, 2.05) is 6.92 Å². The van der Waals surface area contributed by atoms with E-state index in [0.717, 1.165) is 19.3 Å². The van der Waals surface area contributed by atoms with Crippen molar-refractivity contribution in [1.82, 2.24) is 10.0 Å². The van der Waals surface area contributed by atoms with E-state index in [9.17, 15) is 13.2 Å². The maximum Gasteiger partial charge on any atom is 0.251 e. The van der Waals surface area contributed by atoms with Crippen LogP contribution in [0.1, 0.15) is 50.4 Å². The number of sulfonamides is 1. The van der Waals surface area contributed by atoms with Crippen molar-refractivity contribution in [1.29, 1.82) is 0 Å². The molecule has 0 aliphatic heterocycles. The lowest BCUT2D eigenvalue weighted by Crippen LogP contribution is -2.32. The van der Waals surface area contributed by atoms with Crippen LogP contribution in [0.25, 0.3) is 0 Å². The summed E-state index contributed by atoms with van der Waals surface area (Å²) in [5.74, 6) is 0.413. The molecule has 1 amide bonds. The third kappa shape index (κ3) is 5.77. The summed E-state index contributed by atoms with van der Waals surface area (Å²) in [4.78, 5) is 12.3. The summed E-state index contributed by atoms with van der Waals surface area (Å²) in [6, 6.07) is 6.11. The summed E-state index contributed by atoms with van der Waals surface area (Å²) < 4.78 is 25.8. The Morgan fingerprint density at radius 3 is 2.45 bits per heavy atom. The first-order chi connectivity index (χ1) is 10.3. The van der Waals surface area contributed by atoms with Gasteiger partial charge in [-0.05, 0) is 44.5 Å². The van der Waals surface area contributed by atoms with Crippen LogP contribution < -0.4 is 10.0 Å². The highest BCUT2D eigenvalue weighted by molar-refractivity contribution is 7.89. The van der Waals surface area contributed by atoms with Gasteiger partial charge in [0, 0.05) is 11.6 Å². The van der Waals surface area contributed by atoms with Crippen molar-refractivity contribution in [3.63, 3.8) is 0 Å². The molecule has 0 heterocycles. The number of carbonyl (C=O) groups excluding carboxylic acids is 1. The van der Waals surface area contributed by atoms with Crippen molar-refractivity contribution >= 4 is 15.9 Å². The number of amides is 1. The summed E-state index contributed by atoms with van der Waals surface area (Å²) >= 11 is 0. The molecule has 1 unspecified atom stereocenters. The van der Waals surface area contributed by atoms with Crippen LogP contribution in [-0.4, -0.2) is 27.4 Å². The minimum Gasteiger partial charge on any atom is -0.350 e. The van der Waals surface area contributed by atoms with Gasteiger partial charge in [-0.3, -0.25) is 4.79 Å². The van der Waals surface area contributed by atoms with Crippen molar-refractivity contribution in [2.24, 2.45) is 5.92 Å². The second kappa shape index (κ2) is 8.29. The van der Waals surface area contributed by atoms with Gasteiger partial charge < -0.3 is 5.32 Å². The quantitative estimate of drug-likeness (QED) is 0.771. The zero-order valence-electron chi connectivity index (χ0n) is 13.7. The zero-order chi connectivity index (χ0) is 16.8. The Balaban J connectivity index is 2.68. The second-order valence-corrected chi connectivity index (χ2v) is 7.82. The van der Waals surface area contributed by atoms with Crippen LogP contribution in [0.2, 0.25) is 0 Å². The van der Waals surface area contributed by atoms with E-state index in [1.54, 1.807) is 12.1 Å². The number of hydrogen-bond acceptors (Lipinski definition) is 3. The van der Waals surface area contributed by atoms with Crippen LogP contribution in [0, 0.1) is 5.92 Å². The number of rotatable bonds is 8. The molecule has 1 rings (SSSR count). The fourth-order valence-corrected chi connectivity index (χ4v) is 2.91. The fraction of sp³-hybridized carbons (Fsp3) is 0.562. The molecular weight excluding hydrogens is 300 g/mol. The second-order valence-electron chi connectivity index (χ2n) is 5.93. The molecule has 0 saturated heterocycles. The van der Waals surface area contributed by atoms with Gasteiger partial charge in [-0.15, -0.1) is 0 Å². The van der Waals surface area contributed by atoms with E-state index in [1.165, 1.54) is 19.2 Å². The molecule has 0 spiro atoms. The molecule has 0 aliphatic carbocycles. The standard InChI is InChI=1S/C16H26N2O3S/c1-12(2)7-5-8-13(3)18-16(19)14-9-6-10-15(11-14)22(20,21)17-4/h6,9-13,17H,5,7-8H2,1-4H3,(H,18,19). The van der Waals surface area contributed by atoms with E-state index in [-0.39, 0.29) is 16.8 Å². The van der Waals surface area contributed by atoms with Crippen LogP contribution in [0.4, 0.5) is 0 Å². The summed E-state index contributed by atoms with van der Waals surface area (Å²) in [5, 5.41) is 2.91. The minimum absolute atomic E-state index is 0.0656. The molecule has 5 nitrogen and oxygen atoms in total. The van der Waals surface area contributed by atoms with E-state index in [4.69, 9.17) is 0 Å². The highest BCUT2D eigenvalue weighted by Crippen LogP contribution is 2.12. The maximum atomic E-state index is 12.2. The van der Waals surface area contributed by atoms with Crippen molar-refractivity contribution in [2.45, 2.75) is 51.0 Å². The molecule has 1 aromatic carbocycles. The minimum atomic E-state index is -3.54. The van der Waals surface area contributed by atoms with Gasteiger partial charge in [0.25, 0.3) is 5.91 Å². The topological polar surface area (TPSA) is 75.3 Å². The molecule has 0 fully saturated rings. The Labute approximate surface area is 133 Å². The first-order valence-corrected chi connectivity index (χ1v) is 9.09. The maximum absolute atomic E-state index is 12.2. The first-order valence-electron chi connectivity index (χ1n) is 7.60. The van der Waals surface area contributed by atoms with Gasteiger partial charge in [0.1, 0.15) is 0 Å².